The van der Waals surface area contributed by atoms with Gasteiger partial charge in [-0.05, 0) is 68.4 Å². The van der Waals surface area contributed by atoms with Crippen LogP contribution < -0.4 is 15.4 Å². The molecule has 0 bridgehead atoms. The Morgan fingerprint density at radius 1 is 1.21 bits per heavy atom. The maximum atomic E-state index is 13.0. The van der Waals surface area contributed by atoms with Crippen molar-refractivity contribution in [3.05, 3.63) is 51.7 Å². The van der Waals surface area contributed by atoms with Gasteiger partial charge in [0, 0.05) is 17.0 Å². The number of ether oxygens (including phenoxy) is 1. The molecule has 0 spiro atoms. The second kappa shape index (κ2) is 12.5. The third kappa shape index (κ3) is 6.03. The van der Waals surface area contributed by atoms with Crippen LogP contribution in [0.1, 0.15) is 71.8 Å². The van der Waals surface area contributed by atoms with E-state index in [0.717, 1.165) is 31.2 Å². The quantitative estimate of drug-likeness (QED) is 0.340. The summed E-state index contributed by atoms with van der Waals surface area (Å²) in [5, 5.41) is 25.7. The highest BCUT2D eigenvalue weighted by atomic mass is 32.2. The second-order valence-electron chi connectivity index (χ2n) is 9.37. The summed E-state index contributed by atoms with van der Waals surface area (Å²) in [5.74, 6) is 1.12. The molecule has 9 nitrogen and oxygen atoms in total. The van der Waals surface area contributed by atoms with E-state index in [1.165, 1.54) is 28.0 Å². The number of nitrogens with one attached hydrogen (secondary N) is 2. The number of amides is 2. The number of thiophene rings is 1. The number of benzene rings is 1. The van der Waals surface area contributed by atoms with Crippen LogP contribution in [-0.4, -0.2) is 39.4 Å². The molecule has 38 heavy (non-hydrogen) atoms. The predicted octanol–water partition coefficient (Wildman–Crippen LogP) is 4.98. The molecule has 1 atom stereocenters. The third-order valence-corrected chi connectivity index (χ3v) is 8.69. The van der Waals surface area contributed by atoms with Crippen LogP contribution in [-0.2, 0) is 24.2 Å². The van der Waals surface area contributed by atoms with Gasteiger partial charge < -0.3 is 19.9 Å². The molecule has 2 aromatic heterocycles. The van der Waals surface area contributed by atoms with Crippen molar-refractivity contribution in [3.8, 4) is 11.8 Å². The first-order valence-electron chi connectivity index (χ1n) is 12.7. The first kappa shape index (κ1) is 27.7. The number of hydrogen-bond donors (Lipinski definition) is 2. The van der Waals surface area contributed by atoms with Crippen molar-refractivity contribution in [2.24, 2.45) is 5.92 Å². The lowest BCUT2D eigenvalue weighted by Gasteiger charge is -2.22. The molecular weight excluding hydrogens is 520 g/mol. The molecule has 2 amide bonds. The molecule has 2 N–H and O–H groups in total. The molecular formula is C27H32N6O3S2. The Kier molecular flexibility index (Phi) is 9.07. The lowest BCUT2D eigenvalue weighted by Crippen LogP contribution is -2.33. The standard InChI is InChI=1S/C27H32N6O3S2/c1-5-33-24(23(16(2)3)30-25(35)17-10-12-18(36-4)13-11-17)31-32-27(33)37-15-22(34)29-26-20(14-28)19-8-6-7-9-21(19)38-26/h10-13,16,23H,5-9,15H2,1-4H3,(H,29,34)(H,30,35)/t23-/m1/s1. The van der Waals surface area contributed by atoms with Crippen molar-refractivity contribution in [1.29, 1.82) is 5.26 Å². The molecule has 0 saturated heterocycles. The number of thioether (sulfide) groups is 1. The average Bonchev–Trinajstić information content (AvgIpc) is 3.50. The van der Waals surface area contributed by atoms with Gasteiger partial charge in [-0.3, -0.25) is 9.59 Å². The van der Waals surface area contributed by atoms with E-state index in [0.29, 0.717) is 39.4 Å². The molecule has 0 radical (unpaired) electrons. The molecule has 200 valence electrons. The van der Waals surface area contributed by atoms with Crippen LogP contribution in [0.3, 0.4) is 0 Å². The maximum Gasteiger partial charge on any atom is 0.251 e. The Morgan fingerprint density at radius 3 is 2.61 bits per heavy atom. The maximum absolute atomic E-state index is 13.0. The van der Waals surface area contributed by atoms with Crippen molar-refractivity contribution >= 4 is 39.9 Å². The number of carbonyl (C=O) groups is 2. The van der Waals surface area contributed by atoms with Crippen LogP contribution in [0.25, 0.3) is 0 Å². The summed E-state index contributed by atoms with van der Waals surface area (Å²) < 4.78 is 7.11. The van der Waals surface area contributed by atoms with E-state index >= 15 is 0 Å². The fourth-order valence-electron chi connectivity index (χ4n) is 4.50. The average molecular weight is 553 g/mol. The molecule has 0 unspecified atom stereocenters. The Labute approximate surface area is 231 Å². The van der Waals surface area contributed by atoms with Gasteiger partial charge in [-0.2, -0.15) is 5.26 Å². The van der Waals surface area contributed by atoms with Gasteiger partial charge in [0.15, 0.2) is 11.0 Å². The zero-order chi connectivity index (χ0) is 27.2. The van der Waals surface area contributed by atoms with Crippen LogP contribution in [0.2, 0.25) is 0 Å². The number of anilines is 1. The minimum absolute atomic E-state index is 0.0575. The van der Waals surface area contributed by atoms with Gasteiger partial charge >= 0.3 is 0 Å². The number of hydrogen-bond acceptors (Lipinski definition) is 8. The minimum Gasteiger partial charge on any atom is -0.497 e. The van der Waals surface area contributed by atoms with E-state index < -0.39 is 0 Å². The Hall–Kier alpha value is -3.36. The van der Waals surface area contributed by atoms with Gasteiger partial charge in [0.1, 0.15) is 16.8 Å². The lowest BCUT2D eigenvalue weighted by atomic mass is 9.96. The number of aromatic nitrogens is 3. The summed E-state index contributed by atoms with van der Waals surface area (Å²) in [6, 6.07) is 8.85. The molecule has 0 saturated carbocycles. The molecule has 1 aliphatic rings. The zero-order valence-electron chi connectivity index (χ0n) is 22.0. The highest BCUT2D eigenvalue weighted by molar-refractivity contribution is 7.99. The van der Waals surface area contributed by atoms with Gasteiger partial charge in [-0.1, -0.05) is 25.6 Å². The SMILES string of the molecule is CCn1c(SCC(=O)Nc2sc3c(c2C#N)CCCC3)nnc1[C@H](NC(=O)c1ccc(OC)cc1)C(C)C. The molecule has 1 aliphatic carbocycles. The number of fused-ring (bicyclic) bond motifs is 1. The number of methoxy groups -OCH3 is 1. The molecule has 11 heteroatoms. The largest absolute Gasteiger partial charge is 0.497 e. The predicted molar refractivity (Wildman–Crippen MR) is 149 cm³/mol. The summed E-state index contributed by atoms with van der Waals surface area (Å²) in [5.41, 5.74) is 2.23. The Bertz CT molecular complexity index is 1340. The Balaban J connectivity index is 1.44. The monoisotopic (exact) mass is 552 g/mol. The molecule has 0 aliphatic heterocycles. The summed E-state index contributed by atoms with van der Waals surface area (Å²) >= 11 is 2.81. The van der Waals surface area contributed by atoms with Crippen molar-refractivity contribution < 1.29 is 14.3 Å². The normalized spacial score (nSPS) is 13.5. The summed E-state index contributed by atoms with van der Waals surface area (Å²) in [7, 11) is 1.58. The van der Waals surface area contributed by atoms with Crippen LogP contribution >= 0.6 is 23.1 Å². The van der Waals surface area contributed by atoms with Gasteiger partial charge in [0.2, 0.25) is 5.91 Å². The highest BCUT2D eigenvalue weighted by Crippen LogP contribution is 2.37. The van der Waals surface area contributed by atoms with Gasteiger partial charge in [-0.15, -0.1) is 21.5 Å². The zero-order valence-corrected chi connectivity index (χ0v) is 23.7. The number of nitriles is 1. The molecule has 4 rings (SSSR count). The third-order valence-electron chi connectivity index (χ3n) is 6.51. The van der Waals surface area contributed by atoms with Gasteiger partial charge in [-0.25, -0.2) is 0 Å². The van der Waals surface area contributed by atoms with E-state index in [4.69, 9.17) is 4.74 Å². The van der Waals surface area contributed by atoms with E-state index in [1.807, 2.05) is 25.3 Å². The van der Waals surface area contributed by atoms with Gasteiger partial charge in [0.05, 0.1) is 24.5 Å². The summed E-state index contributed by atoms with van der Waals surface area (Å²) in [4.78, 5) is 27.0. The smallest absolute Gasteiger partial charge is 0.251 e. The van der Waals surface area contributed by atoms with Crippen LogP contribution in [0, 0.1) is 17.2 Å². The van der Waals surface area contributed by atoms with E-state index in [-0.39, 0.29) is 29.5 Å². The van der Waals surface area contributed by atoms with E-state index in [9.17, 15) is 14.9 Å². The minimum atomic E-state index is -0.365. The first-order chi connectivity index (χ1) is 18.4. The van der Waals surface area contributed by atoms with Crippen LogP contribution in [0.15, 0.2) is 29.4 Å². The molecule has 3 aromatic rings. The highest BCUT2D eigenvalue weighted by Gasteiger charge is 2.27. The molecule has 0 fully saturated rings. The topological polar surface area (TPSA) is 122 Å². The van der Waals surface area contributed by atoms with Crippen molar-refractivity contribution in [2.75, 3.05) is 18.2 Å². The summed E-state index contributed by atoms with van der Waals surface area (Å²) in [6.45, 7) is 6.60. The number of nitrogens with zero attached hydrogens (tertiary/aromatic N) is 4. The molecule has 1 aromatic carbocycles. The lowest BCUT2D eigenvalue weighted by molar-refractivity contribution is -0.113. The first-order valence-corrected chi connectivity index (χ1v) is 14.5. The van der Waals surface area contributed by atoms with Crippen LogP contribution in [0.5, 0.6) is 5.75 Å². The number of aryl methyl sites for hydroxylation is 1. The van der Waals surface area contributed by atoms with E-state index in [2.05, 4.69) is 26.9 Å². The number of rotatable bonds is 10. The van der Waals surface area contributed by atoms with Crippen molar-refractivity contribution in [2.45, 2.75) is 64.2 Å². The number of carbonyl (C=O) groups excluding carboxylic acids is 2. The molecule has 2 heterocycles. The van der Waals surface area contributed by atoms with Gasteiger partial charge in [0.25, 0.3) is 5.91 Å². The van der Waals surface area contributed by atoms with E-state index in [1.54, 1.807) is 31.4 Å². The fraction of sp³-hybridized carbons (Fsp3) is 0.444. The van der Waals surface area contributed by atoms with Crippen LogP contribution in [0.4, 0.5) is 5.00 Å². The van der Waals surface area contributed by atoms with Crippen molar-refractivity contribution in [1.82, 2.24) is 20.1 Å². The summed E-state index contributed by atoms with van der Waals surface area (Å²) in [6.07, 6.45) is 4.06. The second-order valence-corrected chi connectivity index (χ2v) is 11.4. The fourth-order valence-corrected chi connectivity index (χ4v) is 6.56. The Morgan fingerprint density at radius 2 is 1.95 bits per heavy atom. The van der Waals surface area contributed by atoms with Crippen molar-refractivity contribution in [3.63, 3.8) is 0 Å².